The van der Waals surface area contributed by atoms with Gasteiger partial charge in [-0.05, 0) is 27.2 Å². The standard InChI is InChI=1S/C11H20N2O5/c1-11(2,3)18-10(16)13-7(9(15)17-4)5-6-8(12)14/h7H,5-6H2,1-4H3,(H2,12,14)(H,13,16). The van der Waals surface area contributed by atoms with Gasteiger partial charge < -0.3 is 20.5 Å². The summed E-state index contributed by atoms with van der Waals surface area (Å²) in [6, 6.07) is -0.947. The van der Waals surface area contributed by atoms with Crippen molar-refractivity contribution in [2.75, 3.05) is 7.11 Å². The number of primary amides is 1. The lowest BCUT2D eigenvalue weighted by molar-refractivity contribution is -0.143. The van der Waals surface area contributed by atoms with E-state index >= 15 is 0 Å². The van der Waals surface area contributed by atoms with Crippen LogP contribution in [0.25, 0.3) is 0 Å². The number of rotatable bonds is 5. The molecule has 18 heavy (non-hydrogen) atoms. The van der Waals surface area contributed by atoms with E-state index in [4.69, 9.17) is 10.5 Å². The summed E-state index contributed by atoms with van der Waals surface area (Å²) in [4.78, 5) is 33.5. The van der Waals surface area contributed by atoms with Gasteiger partial charge in [0.1, 0.15) is 11.6 Å². The van der Waals surface area contributed by atoms with E-state index in [0.29, 0.717) is 0 Å². The SMILES string of the molecule is COC(=O)C(CCC(N)=O)NC(=O)OC(C)(C)C. The van der Waals surface area contributed by atoms with Crippen LogP contribution in [0.5, 0.6) is 0 Å². The number of alkyl carbamates (subject to hydrolysis) is 1. The molecule has 0 fully saturated rings. The molecule has 7 nitrogen and oxygen atoms in total. The van der Waals surface area contributed by atoms with Gasteiger partial charge in [-0.25, -0.2) is 9.59 Å². The van der Waals surface area contributed by atoms with Gasteiger partial charge in [-0.15, -0.1) is 0 Å². The smallest absolute Gasteiger partial charge is 0.408 e. The van der Waals surface area contributed by atoms with Crippen molar-refractivity contribution in [3.05, 3.63) is 0 Å². The van der Waals surface area contributed by atoms with Crippen LogP contribution in [-0.2, 0) is 19.1 Å². The molecule has 0 spiro atoms. The van der Waals surface area contributed by atoms with Gasteiger partial charge in [0.2, 0.25) is 5.91 Å². The molecular weight excluding hydrogens is 240 g/mol. The summed E-state index contributed by atoms with van der Waals surface area (Å²) >= 11 is 0. The number of nitrogens with one attached hydrogen (secondary N) is 1. The third-order valence-corrected chi connectivity index (χ3v) is 1.86. The summed E-state index contributed by atoms with van der Waals surface area (Å²) in [5.41, 5.74) is 4.31. The molecule has 0 saturated heterocycles. The fourth-order valence-corrected chi connectivity index (χ4v) is 1.13. The largest absolute Gasteiger partial charge is 0.467 e. The van der Waals surface area contributed by atoms with Crippen molar-refractivity contribution in [2.24, 2.45) is 5.73 Å². The third kappa shape index (κ3) is 7.48. The average Bonchev–Trinajstić information content (AvgIpc) is 2.20. The Kier molecular flexibility index (Phi) is 6.15. The quantitative estimate of drug-likeness (QED) is 0.692. The Hall–Kier alpha value is -1.79. The van der Waals surface area contributed by atoms with Gasteiger partial charge in [0, 0.05) is 6.42 Å². The van der Waals surface area contributed by atoms with Crippen molar-refractivity contribution in [1.82, 2.24) is 5.32 Å². The highest BCUT2D eigenvalue weighted by Crippen LogP contribution is 2.08. The number of nitrogens with two attached hydrogens (primary N) is 1. The predicted molar refractivity (Wildman–Crippen MR) is 63.6 cm³/mol. The van der Waals surface area contributed by atoms with Crippen LogP contribution >= 0.6 is 0 Å². The van der Waals surface area contributed by atoms with Gasteiger partial charge >= 0.3 is 12.1 Å². The number of methoxy groups -OCH3 is 1. The van der Waals surface area contributed by atoms with Crippen LogP contribution in [0.15, 0.2) is 0 Å². The molecule has 0 saturated carbocycles. The van der Waals surface area contributed by atoms with Crippen LogP contribution in [0.3, 0.4) is 0 Å². The minimum Gasteiger partial charge on any atom is -0.467 e. The van der Waals surface area contributed by atoms with E-state index in [-0.39, 0.29) is 12.8 Å². The maximum absolute atomic E-state index is 11.5. The van der Waals surface area contributed by atoms with Crippen molar-refractivity contribution >= 4 is 18.0 Å². The lowest BCUT2D eigenvalue weighted by Crippen LogP contribution is -2.44. The molecule has 1 unspecified atom stereocenters. The molecular formula is C11H20N2O5. The Bertz CT molecular complexity index is 322. The van der Waals surface area contributed by atoms with Crippen molar-refractivity contribution in [3.8, 4) is 0 Å². The molecule has 0 aliphatic carbocycles. The second kappa shape index (κ2) is 6.83. The van der Waals surface area contributed by atoms with Crippen LogP contribution in [0.1, 0.15) is 33.6 Å². The van der Waals surface area contributed by atoms with Gasteiger partial charge in [0.05, 0.1) is 7.11 Å². The van der Waals surface area contributed by atoms with E-state index in [1.165, 1.54) is 7.11 Å². The van der Waals surface area contributed by atoms with Crippen molar-refractivity contribution < 1.29 is 23.9 Å². The summed E-state index contributed by atoms with van der Waals surface area (Å²) in [5, 5.41) is 2.34. The number of esters is 1. The maximum Gasteiger partial charge on any atom is 0.408 e. The van der Waals surface area contributed by atoms with Gasteiger partial charge in [0.25, 0.3) is 0 Å². The average molecular weight is 260 g/mol. The molecule has 0 rings (SSSR count). The lowest BCUT2D eigenvalue weighted by atomic mass is 10.1. The predicted octanol–water partition coefficient (Wildman–Crippen LogP) is 0.318. The van der Waals surface area contributed by atoms with Crippen molar-refractivity contribution in [1.29, 1.82) is 0 Å². The molecule has 0 aliphatic rings. The first kappa shape index (κ1) is 16.2. The first-order chi connectivity index (χ1) is 8.15. The van der Waals surface area contributed by atoms with Crippen molar-refractivity contribution in [2.45, 2.75) is 45.3 Å². The Balaban J connectivity index is 4.45. The number of hydrogen-bond donors (Lipinski definition) is 2. The monoisotopic (exact) mass is 260 g/mol. The van der Waals surface area contributed by atoms with E-state index in [1.54, 1.807) is 20.8 Å². The highest BCUT2D eigenvalue weighted by Gasteiger charge is 2.25. The third-order valence-electron chi connectivity index (χ3n) is 1.86. The van der Waals surface area contributed by atoms with Gasteiger partial charge in [-0.3, -0.25) is 4.79 Å². The maximum atomic E-state index is 11.5. The Morgan fingerprint density at radius 3 is 2.22 bits per heavy atom. The van der Waals surface area contributed by atoms with Crippen LogP contribution in [0, 0.1) is 0 Å². The molecule has 0 aromatic carbocycles. The van der Waals surface area contributed by atoms with Crippen LogP contribution in [0.4, 0.5) is 4.79 Å². The number of carbonyl (C=O) groups is 3. The minimum absolute atomic E-state index is 0.0322. The number of ether oxygens (including phenoxy) is 2. The van der Waals surface area contributed by atoms with Crippen LogP contribution < -0.4 is 11.1 Å². The van der Waals surface area contributed by atoms with Gasteiger partial charge in [-0.2, -0.15) is 0 Å². The fraction of sp³-hybridized carbons (Fsp3) is 0.727. The summed E-state index contributed by atoms with van der Waals surface area (Å²) in [7, 11) is 1.19. The summed E-state index contributed by atoms with van der Waals surface area (Å²) < 4.78 is 9.51. The molecule has 0 aromatic rings. The molecule has 1 atom stereocenters. The topological polar surface area (TPSA) is 108 Å². The molecule has 0 heterocycles. The summed E-state index contributed by atoms with van der Waals surface area (Å²) in [5.74, 6) is -1.21. The fourth-order valence-electron chi connectivity index (χ4n) is 1.13. The highest BCUT2D eigenvalue weighted by molar-refractivity contribution is 5.82. The first-order valence-electron chi connectivity index (χ1n) is 5.51. The molecule has 104 valence electrons. The minimum atomic E-state index is -0.947. The molecule has 0 radical (unpaired) electrons. The van der Waals surface area contributed by atoms with Crippen molar-refractivity contribution in [3.63, 3.8) is 0 Å². The zero-order valence-corrected chi connectivity index (χ0v) is 11.1. The van der Waals surface area contributed by atoms with Crippen LogP contribution in [-0.4, -0.2) is 36.7 Å². The van der Waals surface area contributed by atoms with E-state index in [1.807, 2.05) is 0 Å². The summed E-state index contributed by atoms with van der Waals surface area (Å²) in [6.07, 6.45) is -0.709. The second-order valence-electron chi connectivity index (χ2n) is 4.73. The molecule has 3 N–H and O–H groups in total. The Morgan fingerprint density at radius 1 is 1.28 bits per heavy atom. The van der Waals surface area contributed by atoms with E-state index < -0.39 is 29.6 Å². The number of carbonyl (C=O) groups excluding carboxylic acids is 3. The molecule has 7 heteroatoms. The van der Waals surface area contributed by atoms with Gasteiger partial charge in [-0.1, -0.05) is 0 Å². The first-order valence-corrected chi connectivity index (χ1v) is 5.51. The van der Waals surface area contributed by atoms with Crippen LogP contribution in [0.2, 0.25) is 0 Å². The summed E-state index contributed by atoms with van der Waals surface area (Å²) in [6.45, 7) is 5.09. The van der Waals surface area contributed by atoms with Gasteiger partial charge in [0.15, 0.2) is 0 Å². The van der Waals surface area contributed by atoms with E-state index in [0.717, 1.165) is 0 Å². The second-order valence-corrected chi connectivity index (χ2v) is 4.73. The Labute approximate surface area is 106 Å². The Morgan fingerprint density at radius 2 is 1.83 bits per heavy atom. The number of amides is 2. The molecule has 0 aliphatic heterocycles. The molecule has 0 bridgehead atoms. The molecule has 2 amide bonds. The lowest BCUT2D eigenvalue weighted by Gasteiger charge is -2.22. The zero-order chi connectivity index (χ0) is 14.3. The highest BCUT2D eigenvalue weighted by atomic mass is 16.6. The van der Waals surface area contributed by atoms with E-state index in [2.05, 4.69) is 10.1 Å². The molecule has 0 aromatic heterocycles. The normalized spacial score (nSPS) is 12.4. The van der Waals surface area contributed by atoms with E-state index in [9.17, 15) is 14.4 Å². The zero-order valence-electron chi connectivity index (χ0n) is 11.1. The number of hydrogen-bond acceptors (Lipinski definition) is 5.